The Morgan fingerprint density at radius 1 is 1.05 bits per heavy atom. The van der Waals surface area contributed by atoms with Gasteiger partial charge < -0.3 is 13.9 Å². The van der Waals surface area contributed by atoms with Gasteiger partial charge in [0.1, 0.15) is 18.1 Å². The third-order valence-corrected chi connectivity index (χ3v) is 7.50. The number of nitrogens with zero attached hydrogens (tertiary/aromatic N) is 1. The van der Waals surface area contributed by atoms with E-state index in [9.17, 15) is 14.4 Å². The van der Waals surface area contributed by atoms with Gasteiger partial charge in [-0.25, -0.2) is 4.79 Å². The summed E-state index contributed by atoms with van der Waals surface area (Å²) in [6.45, 7) is 0.359. The molecule has 1 aliphatic rings. The van der Waals surface area contributed by atoms with Crippen LogP contribution in [0.25, 0.3) is 16.8 Å². The van der Waals surface area contributed by atoms with Crippen LogP contribution in [0.2, 0.25) is 0 Å². The average molecular weight is 625 g/mol. The van der Waals surface area contributed by atoms with Crippen LogP contribution in [0.4, 0.5) is 4.79 Å². The van der Waals surface area contributed by atoms with Crippen molar-refractivity contribution in [2.45, 2.75) is 13.2 Å². The number of carbonyl (C=O) groups is 3. The molecule has 0 atom stereocenters. The first-order valence-electron chi connectivity index (χ1n) is 11.2. The van der Waals surface area contributed by atoms with Crippen LogP contribution in [0, 0.1) is 3.57 Å². The summed E-state index contributed by atoms with van der Waals surface area (Å²) in [6, 6.07) is 22.9. The Labute approximate surface area is 230 Å². The Hall–Kier alpha value is -3.57. The van der Waals surface area contributed by atoms with Crippen LogP contribution < -0.4 is 4.74 Å². The molecule has 0 bridgehead atoms. The van der Waals surface area contributed by atoms with Crippen LogP contribution in [-0.4, -0.2) is 29.1 Å². The highest BCUT2D eigenvalue weighted by Gasteiger charge is 2.35. The zero-order valence-corrected chi connectivity index (χ0v) is 22.6. The number of methoxy groups -OCH3 is 1. The Kier molecular flexibility index (Phi) is 7.33. The second-order valence-electron chi connectivity index (χ2n) is 8.14. The normalized spacial score (nSPS) is 14.5. The number of thioether (sulfide) groups is 1. The SMILES string of the molecule is COC(=O)c1ccc(CN2C(=O)S/C(=C/c3ccc(OCc4cccc5ccccc45)c(I)c3)C2=O)o1. The van der Waals surface area contributed by atoms with Crippen LogP contribution in [-0.2, 0) is 22.7 Å². The molecular weight excluding hydrogens is 605 g/mol. The summed E-state index contributed by atoms with van der Waals surface area (Å²) in [6.07, 6.45) is 1.68. The van der Waals surface area contributed by atoms with Gasteiger partial charge in [0.15, 0.2) is 0 Å². The third kappa shape index (κ3) is 5.42. The lowest BCUT2D eigenvalue weighted by molar-refractivity contribution is -0.123. The van der Waals surface area contributed by atoms with E-state index in [0.717, 1.165) is 42.5 Å². The van der Waals surface area contributed by atoms with Gasteiger partial charge in [-0.3, -0.25) is 14.5 Å². The fraction of sp³-hybridized carbons (Fsp3) is 0.107. The van der Waals surface area contributed by atoms with Crippen molar-refractivity contribution >= 4 is 68.3 Å². The molecule has 1 fully saturated rings. The van der Waals surface area contributed by atoms with Gasteiger partial charge in [0.05, 0.1) is 22.1 Å². The van der Waals surface area contributed by atoms with E-state index in [4.69, 9.17) is 9.15 Å². The molecule has 0 aliphatic carbocycles. The van der Waals surface area contributed by atoms with Gasteiger partial charge in [0, 0.05) is 0 Å². The lowest BCUT2D eigenvalue weighted by Crippen LogP contribution is -2.27. The Morgan fingerprint density at radius 3 is 2.68 bits per heavy atom. The fourth-order valence-corrected chi connectivity index (χ4v) is 5.45. The van der Waals surface area contributed by atoms with Crippen molar-refractivity contribution in [3.05, 3.63) is 104 Å². The second-order valence-corrected chi connectivity index (χ2v) is 10.3. The van der Waals surface area contributed by atoms with Crippen molar-refractivity contribution in [1.82, 2.24) is 4.90 Å². The zero-order chi connectivity index (χ0) is 25.9. The van der Waals surface area contributed by atoms with Crippen molar-refractivity contribution < 1.29 is 28.3 Å². The van der Waals surface area contributed by atoms with Crippen molar-refractivity contribution in [2.24, 2.45) is 0 Å². The minimum absolute atomic E-state index is 0.0114. The van der Waals surface area contributed by atoms with E-state index in [1.165, 1.54) is 18.6 Å². The Morgan fingerprint density at radius 2 is 1.86 bits per heavy atom. The number of carbonyl (C=O) groups excluding carboxylic acids is 3. The number of amides is 2. The summed E-state index contributed by atoms with van der Waals surface area (Å²) >= 11 is 3.06. The molecule has 3 aromatic carbocycles. The van der Waals surface area contributed by atoms with E-state index >= 15 is 0 Å². The van der Waals surface area contributed by atoms with E-state index in [2.05, 4.69) is 51.6 Å². The number of furan rings is 1. The molecule has 37 heavy (non-hydrogen) atoms. The highest BCUT2D eigenvalue weighted by atomic mass is 127. The maximum atomic E-state index is 12.9. The average Bonchev–Trinajstić information content (AvgIpc) is 3.48. The van der Waals surface area contributed by atoms with Crippen molar-refractivity contribution in [3.8, 4) is 5.75 Å². The molecule has 1 aromatic heterocycles. The summed E-state index contributed by atoms with van der Waals surface area (Å²) in [5, 5.41) is 1.92. The lowest BCUT2D eigenvalue weighted by atomic mass is 10.1. The number of halogens is 1. The maximum absolute atomic E-state index is 12.9. The van der Waals surface area contributed by atoms with Gasteiger partial charge in [-0.2, -0.15) is 0 Å². The molecule has 9 heteroatoms. The minimum Gasteiger partial charge on any atom is -0.488 e. The molecule has 1 saturated heterocycles. The van der Waals surface area contributed by atoms with Crippen molar-refractivity contribution in [1.29, 1.82) is 0 Å². The first-order valence-corrected chi connectivity index (χ1v) is 13.1. The first-order chi connectivity index (χ1) is 17.9. The number of esters is 1. The molecule has 5 rings (SSSR count). The van der Waals surface area contributed by atoms with Crippen LogP contribution in [0.1, 0.15) is 27.4 Å². The van der Waals surface area contributed by atoms with Crippen LogP contribution in [0.3, 0.4) is 0 Å². The molecule has 0 unspecified atom stereocenters. The summed E-state index contributed by atoms with van der Waals surface area (Å²) < 4.78 is 17.0. The number of rotatable bonds is 7. The van der Waals surface area contributed by atoms with Crippen molar-refractivity contribution in [3.63, 3.8) is 0 Å². The summed E-state index contributed by atoms with van der Waals surface area (Å²) in [5.41, 5.74) is 1.88. The number of fused-ring (bicyclic) bond motifs is 1. The molecule has 7 nitrogen and oxygen atoms in total. The monoisotopic (exact) mass is 625 g/mol. The van der Waals surface area contributed by atoms with Gasteiger partial charge in [-0.1, -0.05) is 48.5 Å². The minimum atomic E-state index is -0.626. The Balaban J connectivity index is 1.27. The number of hydrogen-bond donors (Lipinski definition) is 0. The summed E-state index contributed by atoms with van der Waals surface area (Å²) in [4.78, 5) is 38.4. The number of benzene rings is 3. The molecule has 4 aromatic rings. The molecule has 0 radical (unpaired) electrons. The van der Waals surface area contributed by atoms with Crippen LogP contribution in [0.15, 0.2) is 82.1 Å². The molecule has 2 heterocycles. The second kappa shape index (κ2) is 10.8. The van der Waals surface area contributed by atoms with E-state index in [1.54, 1.807) is 12.1 Å². The fourth-order valence-electron chi connectivity index (χ4n) is 3.91. The van der Waals surface area contributed by atoms with E-state index < -0.39 is 17.1 Å². The molecule has 1 aliphatic heterocycles. The highest BCUT2D eigenvalue weighted by Crippen LogP contribution is 2.34. The maximum Gasteiger partial charge on any atom is 0.373 e. The van der Waals surface area contributed by atoms with Gasteiger partial charge >= 0.3 is 5.97 Å². The number of ether oxygens (including phenoxy) is 2. The molecule has 0 N–H and O–H groups in total. The molecule has 186 valence electrons. The van der Waals surface area contributed by atoms with Gasteiger partial charge in [0.2, 0.25) is 5.76 Å². The third-order valence-electron chi connectivity index (χ3n) is 5.75. The molecular formula is C28H20INO6S. The predicted octanol–water partition coefficient (Wildman–Crippen LogP) is 6.64. The van der Waals surface area contributed by atoms with Gasteiger partial charge in [-0.05, 0) is 86.6 Å². The van der Waals surface area contributed by atoms with E-state index in [1.807, 2.05) is 36.4 Å². The Bertz CT molecular complexity index is 1550. The van der Waals surface area contributed by atoms with E-state index in [-0.39, 0.29) is 12.3 Å². The largest absolute Gasteiger partial charge is 0.488 e. The van der Waals surface area contributed by atoms with E-state index in [0.29, 0.717) is 17.3 Å². The summed E-state index contributed by atoms with van der Waals surface area (Å²) in [5.74, 6) is 0.0123. The smallest absolute Gasteiger partial charge is 0.373 e. The van der Waals surface area contributed by atoms with Gasteiger partial charge in [-0.15, -0.1) is 0 Å². The quantitative estimate of drug-likeness (QED) is 0.129. The van der Waals surface area contributed by atoms with Gasteiger partial charge in [0.25, 0.3) is 11.1 Å². The number of imide groups is 1. The van der Waals surface area contributed by atoms with Crippen LogP contribution >= 0.6 is 34.4 Å². The first kappa shape index (κ1) is 25.1. The molecule has 2 amide bonds. The van der Waals surface area contributed by atoms with Crippen LogP contribution in [0.5, 0.6) is 5.75 Å². The number of hydrogen-bond acceptors (Lipinski definition) is 7. The predicted molar refractivity (Wildman–Crippen MR) is 149 cm³/mol. The van der Waals surface area contributed by atoms with Crippen molar-refractivity contribution in [2.75, 3.05) is 7.11 Å². The highest BCUT2D eigenvalue weighted by molar-refractivity contribution is 14.1. The molecule has 0 spiro atoms. The standard InChI is InChI=1S/C28H20INO6S/c1-34-27(32)24-12-10-20(36-24)15-30-26(31)25(37-28(30)33)14-17-9-11-23(22(29)13-17)35-16-19-7-4-6-18-5-2-3-8-21(18)19/h2-14H,15-16H2,1H3/b25-14+. The molecule has 0 saturated carbocycles. The zero-order valence-electron chi connectivity index (χ0n) is 19.6. The lowest BCUT2D eigenvalue weighted by Gasteiger charge is -2.11. The topological polar surface area (TPSA) is 86.0 Å². The summed E-state index contributed by atoms with van der Waals surface area (Å²) in [7, 11) is 1.25.